The van der Waals surface area contributed by atoms with E-state index in [1.165, 1.54) is 0 Å². The molecule has 0 unspecified atom stereocenters. The Bertz CT molecular complexity index is 1680. The van der Waals surface area contributed by atoms with E-state index >= 15 is 0 Å². The van der Waals surface area contributed by atoms with Gasteiger partial charge < -0.3 is 26.4 Å². The minimum Gasteiger partial charge on any atom is -0.481 e. The standard InChI is InChI=1S/C29H30Cl2N8O4/c1-2-34-29(28(32)43)11-13-38(14-12-29)26-24-27(36-21(35-26)16-33-22(40)15-23(41)42)39(18-9-7-17(30)8-10-18)25(37-24)19-5-3-4-6-20(19)31/h3-10,34H,2,11-16H2,1H3,(H2,32,43)(H,33,40)(H,41,42). The Kier molecular flexibility index (Phi) is 8.81. The highest BCUT2D eigenvalue weighted by Gasteiger charge is 2.40. The normalized spacial score (nSPS) is 14.5. The number of piperidine rings is 1. The molecule has 5 N–H and O–H groups in total. The number of fused-ring (bicyclic) bond motifs is 1. The number of aromatic nitrogens is 4. The number of nitrogens with two attached hydrogens (primary N) is 1. The third-order valence-corrected chi connectivity index (χ3v) is 7.97. The molecule has 0 spiro atoms. The number of likely N-dealkylation sites (N-methyl/N-ethyl adjacent to an activating group) is 1. The second kappa shape index (κ2) is 12.5. The molecule has 2 amide bonds. The highest BCUT2D eigenvalue weighted by Crippen LogP contribution is 2.36. The zero-order valence-electron chi connectivity index (χ0n) is 23.3. The second-order valence-corrected chi connectivity index (χ2v) is 11.0. The van der Waals surface area contributed by atoms with Crippen molar-refractivity contribution in [1.29, 1.82) is 0 Å². The van der Waals surface area contributed by atoms with Crippen molar-refractivity contribution in [3.05, 3.63) is 64.4 Å². The minimum atomic E-state index is -1.24. The first kappa shape index (κ1) is 30.2. The summed E-state index contributed by atoms with van der Waals surface area (Å²) in [5.74, 6) is -1.05. The number of hydrogen-bond donors (Lipinski definition) is 4. The van der Waals surface area contributed by atoms with Crippen molar-refractivity contribution in [2.45, 2.75) is 38.3 Å². The number of nitrogens with one attached hydrogen (secondary N) is 2. The number of carbonyl (C=O) groups excluding carboxylic acids is 2. The number of carbonyl (C=O) groups is 3. The van der Waals surface area contributed by atoms with Crippen molar-refractivity contribution in [2.24, 2.45) is 5.73 Å². The van der Waals surface area contributed by atoms with Crippen LogP contribution in [-0.2, 0) is 20.9 Å². The maximum atomic E-state index is 12.4. The van der Waals surface area contributed by atoms with Gasteiger partial charge in [0.1, 0.15) is 17.8 Å². The molecule has 1 fully saturated rings. The molecule has 0 bridgehead atoms. The number of nitrogens with zero attached hydrogens (tertiary/aromatic N) is 5. The molecular weight excluding hydrogens is 595 g/mol. The number of carboxylic acid groups (broad SMARTS) is 1. The molecule has 0 atom stereocenters. The van der Waals surface area contributed by atoms with Gasteiger partial charge >= 0.3 is 5.97 Å². The maximum Gasteiger partial charge on any atom is 0.312 e. The Morgan fingerprint density at radius 2 is 1.72 bits per heavy atom. The Morgan fingerprint density at radius 3 is 2.35 bits per heavy atom. The summed E-state index contributed by atoms with van der Waals surface area (Å²) >= 11 is 12.8. The van der Waals surface area contributed by atoms with Crippen LogP contribution < -0.4 is 21.3 Å². The van der Waals surface area contributed by atoms with Crippen LogP contribution in [0.5, 0.6) is 0 Å². The van der Waals surface area contributed by atoms with E-state index < -0.39 is 29.7 Å². The third-order valence-electron chi connectivity index (χ3n) is 7.39. The van der Waals surface area contributed by atoms with E-state index in [9.17, 15) is 14.4 Å². The summed E-state index contributed by atoms with van der Waals surface area (Å²) in [6, 6.07) is 14.5. The summed E-state index contributed by atoms with van der Waals surface area (Å²) in [7, 11) is 0. The predicted octanol–water partition coefficient (Wildman–Crippen LogP) is 3.31. The maximum absolute atomic E-state index is 12.4. The monoisotopic (exact) mass is 624 g/mol. The number of aliphatic carboxylic acids is 1. The molecule has 1 saturated heterocycles. The second-order valence-electron chi connectivity index (χ2n) is 10.2. The molecule has 5 rings (SSSR count). The number of imidazole rings is 1. The Labute approximate surface area is 257 Å². The Morgan fingerprint density at radius 1 is 1.02 bits per heavy atom. The zero-order valence-corrected chi connectivity index (χ0v) is 24.8. The summed E-state index contributed by atoms with van der Waals surface area (Å²) < 4.78 is 1.84. The largest absolute Gasteiger partial charge is 0.481 e. The molecule has 43 heavy (non-hydrogen) atoms. The van der Waals surface area contributed by atoms with Gasteiger partial charge in [0.25, 0.3) is 0 Å². The van der Waals surface area contributed by atoms with E-state index in [-0.39, 0.29) is 12.4 Å². The van der Waals surface area contributed by atoms with Gasteiger partial charge in [-0.15, -0.1) is 0 Å². The summed E-state index contributed by atoms with van der Waals surface area (Å²) in [6.07, 6.45) is 0.212. The number of primary amides is 1. The summed E-state index contributed by atoms with van der Waals surface area (Å²) in [4.78, 5) is 52.2. The van der Waals surface area contributed by atoms with Crippen molar-refractivity contribution in [3.8, 4) is 17.1 Å². The van der Waals surface area contributed by atoms with Gasteiger partial charge in [-0.2, -0.15) is 0 Å². The van der Waals surface area contributed by atoms with Gasteiger partial charge in [0.15, 0.2) is 22.8 Å². The molecule has 2 aromatic carbocycles. The highest BCUT2D eigenvalue weighted by atomic mass is 35.5. The lowest BCUT2D eigenvalue weighted by atomic mass is 9.86. The van der Waals surface area contributed by atoms with Crippen LogP contribution in [0.15, 0.2) is 48.5 Å². The number of benzene rings is 2. The van der Waals surface area contributed by atoms with Gasteiger partial charge in [0.2, 0.25) is 11.8 Å². The van der Waals surface area contributed by atoms with Crippen molar-refractivity contribution in [1.82, 2.24) is 30.2 Å². The van der Waals surface area contributed by atoms with Crippen LogP contribution in [0.4, 0.5) is 5.82 Å². The first-order chi connectivity index (χ1) is 20.6. The lowest BCUT2D eigenvalue weighted by molar-refractivity contribution is -0.140. The average molecular weight is 626 g/mol. The number of anilines is 1. The van der Waals surface area contributed by atoms with Gasteiger partial charge in [-0.25, -0.2) is 15.0 Å². The molecule has 4 aromatic rings. The first-order valence-corrected chi connectivity index (χ1v) is 14.5. The molecule has 0 radical (unpaired) electrons. The van der Waals surface area contributed by atoms with Gasteiger partial charge in [0.05, 0.1) is 11.6 Å². The fraction of sp³-hybridized carbons (Fsp3) is 0.310. The SMILES string of the molecule is CCNC1(C(N)=O)CCN(c2nc(CNC(=O)CC(=O)O)nc3c2nc(-c2ccccc2Cl)n3-c2ccc(Cl)cc2)CC1. The van der Waals surface area contributed by atoms with Crippen molar-refractivity contribution < 1.29 is 19.5 Å². The van der Waals surface area contributed by atoms with Gasteiger partial charge in [0, 0.05) is 29.4 Å². The van der Waals surface area contributed by atoms with Crippen LogP contribution in [0, 0.1) is 0 Å². The smallest absolute Gasteiger partial charge is 0.312 e. The average Bonchev–Trinajstić information content (AvgIpc) is 3.35. The van der Waals surface area contributed by atoms with Crippen molar-refractivity contribution in [2.75, 3.05) is 24.5 Å². The molecule has 2 aromatic heterocycles. The quantitative estimate of drug-likeness (QED) is 0.193. The molecule has 224 valence electrons. The van der Waals surface area contributed by atoms with Crippen molar-refractivity contribution >= 4 is 58.0 Å². The number of rotatable bonds is 10. The first-order valence-electron chi connectivity index (χ1n) is 13.7. The molecule has 1 aliphatic heterocycles. The van der Waals surface area contributed by atoms with Crippen LogP contribution in [-0.4, -0.2) is 67.6 Å². The predicted molar refractivity (Wildman–Crippen MR) is 163 cm³/mol. The van der Waals surface area contributed by atoms with E-state index in [1.807, 2.05) is 46.7 Å². The Balaban J connectivity index is 1.68. The van der Waals surface area contributed by atoms with E-state index in [1.54, 1.807) is 18.2 Å². The Hall–Kier alpha value is -4.26. The highest BCUT2D eigenvalue weighted by molar-refractivity contribution is 6.33. The molecule has 3 heterocycles. The van der Waals surface area contributed by atoms with E-state index in [0.717, 1.165) is 0 Å². The lowest BCUT2D eigenvalue weighted by Gasteiger charge is -2.40. The fourth-order valence-corrected chi connectivity index (χ4v) is 5.62. The van der Waals surface area contributed by atoms with Crippen LogP contribution >= 0.6 is 23.2 Å². The van der Waals surface area contributed by atoms with Crippen LogP contribution in [0.25, 0.3) is 28.2 Å². The number of hydrogen-bond acceptors (Lipinski definition) is 8. The lowest BCUT2D eigenvalue weighted by Crippen LogP contribution is -2.61. The van der Waals surface area contributed by atoms with Crippen LogP contribution in [0.1, 0.15) is 32.0 Å². The van der Waals surface area contributed by atoms with Crippen LogP contribution in [0.2, 0.25) is 10.0 Å². The molecule has 1 aliphatic rings. The molecule has 0 aliphatic carbocycles. The molecule has 12 nitrogen and oxygen atoms in total. The summed E-state index contributed by atoms with van der Waals surface area (Å²) in [5, 5.41) is 15.9. The van der Waals surface area contributed by atoms with Gasteiger partial charge in [-0.3, -0.25) is 19.0 Å². The molecular formula is C29H30Cl2N8O4. The summed E-state index contributed by atoms with van der Waals surface area (Å²) in [6.45, 7) is 3.30. The van der Waals surface area contributed by atoms with Crippen LogP contribution in [0.3, 0.4) is 0 Å². The topological polar surface area (TPSA) is 168 Å². The van der Waals surface area contributed by atoms with Crippen molar-refractivity contribution in [3.63, 3.8) is 0 Å². The van der Waals surface area contributed by atoms with Gasteiger partial charge in [-0.05, 0) is 55.8 Å². The van der Waals surface area contributed by atoms with E-state index in [0.29, 0.717) is 76.6 Å². The zero-order chi connectivity index (χ0) is 30.7. The molecule has 0 saturated carbocycles. The number of amides is 2. The van der Waals surface area contributed by atoms with E-state index in [2.05, 4.69) is 10.6 Å². The van der Waals surface area contributed by atoms with Gasteiger partial charge in [-0.1, -0.05) is 42.3 Å². The molecule has 14 heteroatoms. The minimum absolute atomic E-state index is 0.112. The number of carboxylic acids is 1. The number of halogens is 2. The van der Waals surface area contributed by atoms with E-state index in [4.69, 9.17) is 49.0 Å². The third kappa shape index (κ3) is 6.26. The summed E-state index contributed by atoms with van der Waals surface area (Å²) in [5.41, 5.74) is 7.28. The fourth-order valence-electron chi connectivity index (χ4n) is 5.27.